The van der Waals surface area contributed by atoms with Crippen LogP contribution in [-0.4, -0.2) is 33.1 Å². The Bertz CT molecular complexity index is 465. The maximum atomic E-state index is 13.1. The highest BCUT2D eigenvalue weighted by Gasteiger charge is 2.39. The summed E-state index contributed by atoms with van der Waals surface area (Å²) in [6.45, 7) is 3.96. The van der Waals surface area contributed by atoms with Gasteiger partial charge in [0.1, 0.15) is 11.5 Å². The van der Waals surface area contributed by atoms with Gasteiger partial charge in [0.05, 0.1) is 14.2 Å². The molecule has 1 fully saturated rings. The fourth-order valence-corrected chi connectivity index (χ4v) is 3.22. The molecule has 1 N–H and O–H groups in total. The summed E-state index contributed by atoms with van der Waals surface area (Å²) in [7, 11) is 3.21. The molecule has 4 heteroatoms. The van der Waals surface area contributed by atoms with E-state index in [-0.39, 0.29) is 11.2 Å². The fourth-order valence-electron chi connectivity index (χ4n) is 3.22. The second kappa shape index (κ2) is 6.94. The van der Waals surface area contributed by atoms with Gasteiger partial charge in [0.25, 0.3) is 0 Å². The molecule has 0 atom stereocenters. The van der Waals surface area contributed by atoms with Gasteiger partial charge in [-0.3, -0.25) is 4.79 Å². The number of methoxy groups -OCH3 is 2. The largest absolute Gasteiger partial charge is 0.497 e. The van der Waals surface area contributed by atoms with Crippen molar-refractivity contribution in [2.45, 2.75) is 32.6 Å². The van der Waals surface area contributed by atoms with Gasteiger partial charge in [-0.05, 0) is 44.5 Å². The SMILES string of the molecule is CCCC1(C(=O)c2cc(OC)cc(OC)c2)CCNCC1. The molecular weight excluding hydrogens is 266 g/mol. The molecule has 1 saturated heterocycles. The van der Waals surface area contributed by atoms with E-state index in [1.807, 2.05) is 12.1 Å². The molecule has 1 aromatic rings. The number of hydrogen-bond donors (Lipinski definition) is 1. The predicted octanol–water partition coefficient (Wildman–Crippen LogP) is 3.06. The molecule has 0 bridgehead atoms. The number of carbonyl (C=O) groups is 1. The van der Waals surface area contributed by atoms with E-state index < -0.39 is 0 Å². The van der Waals surface area contributed by atoms with Gasteiger partial charge in [0.15, 0.2) is 5.78 Å². The average molecular weight is 291 g/mol. The van der Waals surface area contributed by atoms with Crippen LogP contribution >= 0.6 is 0 Å². The molecule has 0 spiro atoms. The van der Waals surface area contributed by atoms with Crippen molar-refractivity contribution in [2.24, 2.45) is 5.41 Å². The predicted molar refractivity (Wildman–Crippen MR) is 83.3 cm³/mol. The van der Waals surface area contributed by atoms with Crippen LogP contribution in [0.5, 0.6) is 11.5 Å². The quantitative estimate of drug-likeness (QED) is 0.818. The summed E-state index contributed by atoms with van der Waals surface area (Å²) < 4.78 is 10.6. The van der Waals surface area contributed by atoms with E-state index >= 15 is 0 Å². The molecule has 4 nitrogen and oxygen atoms in total. The van der Waals surface area contributed by atoms with Crippen LogP contribution in [0.3, 0.4) is 0 Å². The van der Waals surface area contributed by atoms with Crippen molar-refractivity contribution in [2.75, 3.05) is 27.3 Å². The first-order chi connectivity index (χ1) is 10.1. The molecule has 0 saturated carbocycles. The van der Waals surface area contributed by atoms with E-state index in [0.29, 0.717) is 17.1 Å². The lowest BCUT2D eigenvalue weighted by molar-refractivity contribution is 0.0703. The Morgan fingerprint density at radius 1 is 1.14 bits per heavy atom. The summed E-state index contributed by atoms with van der Waals surface area (Å²) in [5, 5.41) is 3.35. The second-order valence-electron chi connectivity index (χ2n) is 5.71. The van der Waals surface area contributed by atoms with Gasteiger partial charge in [-0.15, -0.1) is 0 Å². The van der Waals surface area contributed by atoms with Crippen molar-refractivity contribution in [3.05, 3.63) is 23.8 Å². The van der Waals surface area contributed by atoms with Crippen molar-refractivity contribution < 1.29 is 14.3 Å². The Hall–Kier alpha value is -1.55. The van der Waals surface area contributed by atoms with E-state index in [1.165, 1.54) is 0 Å². The number of piperidine rings is 1. The lowest BCUT2D eigenvalue weighted by atomic mass is 9.70. The summed E-state index contributed by atoms with van der Waals surface area (Å²) in [6, 6.07) is 5.44. The Kier molecular flexibility index (Phi) is 5.23. The van der Waals surface area contributed by atoms with Crippen molar-refractivity contribution in [3.63, 3.8) is 0 Å². The van der Waals surface area contributed by atoms with E-state index in [4.69, 9.17) is 9.47 Å². The molecule has 0 radical (unpaired) electrons. The zero-order chi connectivity index (χ0) is 15.3. The number of rotatable bonds is 6. The molecule has 1 aromatic carbocycles. The lowest BCUT2D eigenvalue weighted by Crippen LogP contribution is -2.42. The number of nitrogens with one attached hydrogen (secondary N) is 1. The van der Waals surface area contributed by atoms with E-state index in [9.17, 15) is 4.79 Å². The van der Waals surface area contributed by atoms with Gasteiger partial charge in [-0.2, -0.15) is 0 Å². The smallest absolute Gasteiger partial charge is 0.169 e. The molecule has 116 valence electrons. The van der Waals surface area contributed by atoms with Crippen LogP contribution in [0.15, 0.2) is 18.2 Å². The summed E-state index contributed by atoms with van der Waals surface area (Å²) >= 11 is 0. The van der Waals surface area contributed by atoms with Crippen LogP contribution in [-0.2, 0) is 0 Å². The van der Waals surface area contributed by atoms with Crippen LogP contribution in [0.25, 0.3) is 0 Å². The molecule has 1 aliphatic rings. The monoisotopic (exact) mass is 291 g/mol. The van der Waals surface area contributed by atoms with Gasteiger partial charge < -0.3 is 14.8 Å². The van der Waals surface area contributed by atoms with Gasteiger partial charge >= 0.3 is 0 Å². The first kappa shape index (κ1) is 15.8. The number of benzene rings is 1. The van der Waals surface area contributed by atoms with Crippen LogP contribution < -0.4 is 14.8 Å². The van der Waals surface area contributed by atoms with Gasteiger partial charge in [-0.25, -0.2) is 0 Å². The zero-order valence-corrected chi connectivity index (χ0v) is 13.2. The van der Waals surface area contributed by atoms with Crippen LogP contribution in [0, 0.1) is 5.41 Å². The Labute approximate surface area is 126 Å². The minimum atomic E-state index is -0.239. The number of hydrogen-bond acceptors (Lipinski definition) is 4. The van der Waals surface area contributed by atoms with Gasteiger partial charge in [-0.1, -0.05) is 13.3 Å². The third-order valence-electron chi connectivity index (χ3n) is 4.38. The Balaban J connectivity index is 2.36. The normalized spacial score (nSPS) is 17.3. The van der Waals surface area contributed by atoms with Crippen molar-refractivity contribution in [3.8, 4) is 11.5 Å². The van der Waals surface area contributed by atoms with Crippen molar-refractivity contribution >= 4 is 5.78 Å². The molecule has 1 aliphatic heterocycles. The third kappa shape index (κ3) is 3.38. The molecule has 0 amide bonds. The highest BCUT2D eigenvalue weighted by molar-refractivity contribution is 6.01. The minimum absolute atomic E-state index is 0.225. The Morgan fingerprint density at radius 2 is 1.71 bits per heavy atom. The van der Waals surface area contributed by atoms with Crippen molar-refractivity contribution in [1.29, 1.82) is 0 Å². The minimum Gasteiger partial charge on any atom is -0.497 e. The number of ether oxygens (including phenoxy) is 2. The van der Waals surface area contributed by atoms with E-state index in [2.05, 4.69) is 12.2 Å². The van der Waals surface area contributed by atoms with Gasteiger partial charge in [0.2, 0.25) is 0 Å². The summed E-state index contributed by atoms with van der Waals surface area (Å²) in [5.41, 5.74) is 0.457. The first-order valence-corrected chi connectivity index (χ1v) is 7.64. The van der Waals surface area contributed by atoms with Crippen LogP contribution in [0.1, 0.15) is 43.0 Å². The van der Waals surface area contributed by atoms with Gasteiger partial charge in [0, 0.05) is 17.0 Å². The Morgan fingerprint density at radius 3 is 2.19 bits per heavy atom. The summed E-state index contributed by atoms with van der Waals surface area (Å²) in [5.74, 6) is 1.56. The van der Waals surface area contributed by atoms with Crippen LogP contribution in [0.2, 0.25) is 0 Å². The molecular formula is C17H25NO3. The average Bonchev–Trinajstić information content (AvgIpc) is 2.54. The van der Waals surface area contributed by atoms with E-state index in [1.54, 1.807) is 20.3 Å². The topological polar surface area (TPSA) is 47.6 Å². The van der Waals surface area contributed by atoms with E-state index in [0.717, 1.165) is 38.8 Å². The number of ketones is 1. The zero-order valence-electron chi connectivity index (χ0n) is 13.2. The number of carbonyl (C=O) groups excluding carboxylic acids is 1. The second-order valence-corrected chi connectivity index (χ2v) is 5.71. The first-order valence-electron chi connectivity index (χ1n) is 7.64. The summed E-state index contributed by atoms with van der Waals surface area (Å²) in [4.78, 5) is 13.1. The highest BCUT2D eigenvalue weighted by Crippen LogP contribution is 2.38. The lowest BCUT2D eigenvalue weighted by Gasteiger charge is -2.36. The summed E-state index contributed by atoms with van der Waals surface area (Å²) in [6.07, 6.45) is 3.76. The molecule has 21 heavy (non-hydrogen) atoms. The third-order valence-corrected chi connectivity index (χ3v) is 4.38. The maximum Gasteiger partial charge on any atom is 0.169 e. The maximum absolute atomic E-state index is 13.1. The fraction of sp³-hybridized carbons (Fsp3) is 0.588. The highest BCUT2D eigenvalue weighted by atomic mass is 16.5. The molecule has 0 aliphatic carbocycles. The van der Waals surface area contributed by atoms with Crippen LogP contribution in [0.4, 0.5) is 0 Å². The molecule has 1 heterocycles. The molecule has 0 aromatic heterocycles. The van der Waals surface area contributed by atoms with Crippen molar-refractivity contribution in [1.82, 2.24) is 5.32 Å². The number of Topliss-reactive ketones (excluding diaryl/α,β-unsaturated/α-hetero) is 1. The molecule has 0 unspecified atom stereocenters. The standard InChI is InChI=1S/C17H25NO3/c1-4-5-17(6-8-18-9-7-17)16(19)13-10-14(20-2)12-15(11-13)21-3/h10-12,18H,4-9H2,1-3H3. The molecule has 2 rings (SSSR count).